The van der Waals surface area contributed by atoms with Gasteiger partial charge in [-0.1, -0.05) is 54.6 Å². The summed E-state index contributed by atoms with van der Waals surface area (Å²) < 4.78 is 32.8. The van der Waals surface area contributed by atoms with Crippen LogP contribution in [0.2, 0.25) is 0 Å². The van der Waals surface area contributed by atoms with Gasteiger partial charge in [0.05, 0.1) is 38.1 Å². The number of nitrogens with zero attached hydrogens (tertiary/aromatic N) is 4. The summed E-state index contributed by atoms with van der Waals surface area (Å²) in [5, 5.41) is 3.74. The lowest BCUT2D eigenvalue weighted by Crippen LogP contribution is -2.37. The van der Waals surface area contributed by atoms with E-state index in [4.69, 9.17) is 14.2 Å². The number of anilines is 2. The van der Waals surface area contributed by atoms with Crippen LogP contribution in [0, 0.1) is 5.82 Å². The van der Waals surface area contributed by atoms with Crippen LogP contribution in [0.1, 0.15) is 39.5 Å². The van der Waals surface area contributed by atoms with Gasteiger partial charge in [-0.15, -0.1) is 0 Å². The number of nitrogens with one attached hydrogen (secondary N) is 1. The Morgan fingerprint density at radius 3 is 2.56 bits per heavy atom. The summed E-state index contributed by atoms with van der Waals surface area (Å²) in [6.07, 6.45) is 2.19. The number of amides is 1. The van der Waals surface area contributed by atoms with Crippen molar-refractivity contribution < 1.29 is 28.2 Å². The Balaban J connectivity index is 1.07. The van der Waals surface area contributed by atoms with Gasteiger partial charge in [-0.3, -0.25) is 14.5 Å². The predicted octanol–water partition coefficient (Wildman–Crippen LogP) is 6.13. The topological polar surface area (TPSA) is 106 Å². The molecule has 50 heavy (non-hydrogen) atoms. The van der Waals surface area contributed by atoms with Gasteiger partial charge in [-0.05, 0) is 47.4 Å². The highest BCUT2D eigenvalue weighted by Crippen LogP contribution is 2.36. The average Bonchev–Trinajstić information content (AvgIpc) is 3.47. The third-order valence-corrected chi connectivity index (χ3v) is 9.15. The number of methoxy groups -OCH3 is 1. The second kappa shape index (κ2) is 15.0. The maximum Gasteiger partial charge on any atom is 0.255 e. The molecule has 1 N–H and O–H groups in total. The number of Topliss-reactive ketones (excluding diaryl/α,β-unsaturated/α-hetero) is 1. The van der Waals surface area contributed by atoms with Crippen molar-refractivity contribution in [1.82, 2.24) is 19.8 Å². The number of ketones is 1. The van der Waals surface area contributed by atoms with Crippen LogP contribution in [0.4, 0.5) is 15.9 Å². The Morgan fingerprint density at radius 2 is 1.78 bits per heavy atom. The zero-order chi connectivity index (χ0) is 34.5. The largest absolute Gasteiger partial charge is 0.493 e. The van der Waals surface area contributed by atoms with Crippen molar-refractivity contribution >= 4 is 34.1 Å². The number of fused-ring (bicyclic) bond motifs is 2. The van der Waals surface area contributed by atoms with Gasteiger partial charge < -0.3 is 24.4 Å². The highest BCUT2D eigenvalue weighted by atomic mass is 19.1. The lowest BCUT2D eigenvalue weighted by molar-refractivity contribution is -0.123. The van der Waals surface area contributed by atoms with Gasteiger partial charge in [-0.25, -0.2) is 14.4 Å². The van der Waals surface area contributed by atoms with Crippen molar-refractivity contribution in [1.29, 1.82) is 0 Å². The van der Waals surface area contributed by atoms with Gasteiger partial charge in [0.15, 0.2) is 17.3 Å². The van der Waals surface area contributed by atoms with Gasteiger partial charge in [0.25, 0.3) is 5.91 Å². The number of hydrogen-bond acceptors (Lipinski definition) is 9. The number of rotatable bonds is 13. The molecule has 0 saturated carbocycles. The first kappa shape index (κ1) is 33.1. The second-order valence-corrected chi connectivity index (χ2v) is 12.4. The fourth-order valence-corrected chi connectivity index (χ4v) is 6.59. The van der Waals surface area contributed by atoms with Crippen LogP contribution in [0.15, 0.2) is 91.3 Å². The van der Waals surface area contributed by atoms with Crippen LogP contribution < -0.4 is 14.8 Å². The van der Waals surface area contributed by atoms with E-state index in [1.54, 1.807) is 42.3 Å². The van der Waals surface area contributed by atoms with Crippen LogP contribution in [-0.2, 0) is 22.5 Å². The molecular weight excluding hydrogens is 637 g/mol. The average molecular weight is 676 g/mol. The fourth-order valence-electron chi connectivity index (χ4n) is 6.59. The Labute approximate surface area is 289 Å². The molecule has 11 heteroatoms. The van der Waals surface area contributed by atoms with Crippen molar-refractivity contribution in [3.63, 3.8) is 0 Å². The van der Waals surface area contributed by atoms with Gasteiger partial charge >= 0.3 is 0 Å². The maximum absolute atomic E-state index is 15.7. The monoisotopic (exact) mass is 675 g/mol. The number of ether oxygens (including phenoxy) is 3. The van der Waals surface area contributed by atoms with Crippen molar-refractivity contribution in [3.05, 3.63) is 119 Å². The summed E-state index contributed by atoms with van der Waals surface area (Å²) in [6.45, 7) is 5.08. The van der Waals surface area contributed by atoms with E-state index in [9.17, 15) is 9.59 Å². The summed E-state index contributed by atoms with van der Waals surface area (Å²) in [7, 11) is 1.58. The SMILES string of the molecule is COc1cc2ncnc(Nc3ccc(CC(=O)C(c4ccccc4)N4Cc5ccccc5C4=O)cc3F)c2cc1OCCCN1CCOCC1. The van der Waals surface area contributed by atoms with Crippen molar-refractivity contribution in [2.75, 3.05) is 51.9 Å². The van der Waals surface area contributed by atoms with Gasteiger partial charge in [0.1, 0.15) is 24.0 Å². The molecule has 2 aliphatic rings. The van der Waals surface area contributed by atoms with E-state index >= 15 is 4.39 Å². The number of hydrogen-bond donors (Lipinski definition) is 1. The van der Waals surface area contributed by atoms with Gasteiger partial charge in [0, 0.05) is 49.6 Å². The number of morpholine rings is 1. The summed E-state index contributed by atoms with van der Waals surface area (Å²) in [4.78, 5) is 40.0. The summed E-state index contributed by atoms with van der Waals surface area (Å²) in [5.41, 5.74) is 3.48. The minimum Gasteiger partial charge on any atom is -0.493 e. The maximum atomic E-state index is 15.7. The zero-order valence-electron chi connectivity index (χ0n) is 27.8. The number of halogens is 1. The van der Waals surface area contributed by atoms with Crippen molar-refractivity contribution in [2.45, 2.75) is 25.4 Å². The molecule has 1 amide bonds. The Hall–Kier alpha value is -5.39. The van der Waals surface area contributed by atoms with Crippen molar-refractivity contribution in [3.8, 4) is 11.5 Å². The summed E-state index contributed by atoms with van der Waals surface area (Å²) >= 11 is 0. The molecule has 0 radical (unpaired) electrons. The van der Waals surface area contributed by atoms with E-state index in [2.05, 4.69) is 20.2 Å². The fraction of sp³-hybridized carbons (Fsp3) is 0.282. The molecule has 1 saturated heterocycles. The first-order chi connectivity index (χ1) is 24.5. The van der Waals surface area contributed by atoms with Gasteiger partial charge in [-0.2, -0.15) is 0 Å². The van der Waals surface area contributed by atoms with E-state index < -0.39 is 11.9 Å². The van der Waals surface area contributed by atoms with Gasteiger partial charge in [0.2, 0.25) is 0 Å². The van der Waals surface area contributed by atoms with Crippen LogP contribution >= 0.6 is 0 Å². The first-order valence-electron chi connectivity index (χ1n) is 16.8. The zero-order valence-corrected chi connectivity index (χ0v) is 27.8. The molecule has 3 heterocycles. The first-order valence-corrected chi connectivity index (χ1v) is 16.8. The Morgan fingerprint density at radius 1 is 0.980 bits per heavy atom. The molecule has 1 fully saturated rings. The van der Waals surface area contributed by atoms with Crippen molar-refractivity contribution in [2.24, 2.45) is 0 Å². The molecule has 0 aliphatic carbocycles. The molecule has 1 unspecified atom stereocenters. The molecule has 10 nitrogen and oxygen atoms in total. The summed E-state index contributed by atoms with van der Waals surface area (Å²) in [6, 6.07) is 24.0. The predicted molar refractivity (Wildman–Crippen MR) is 187 cm³/mol. The smallest absolute Gasteiger partial charge is 0.255 e. The molecule has 1 atom stereocenters. The molecule has 4 aromatic carbocycles. The third-order valence-electron chi connectivity index (χ3n) is 9.15. The van der Waals surface area contributed by atoms with E-state index in [0.29, 0.717) is 58.1 Å². The minimum absolute atomic E-state index is 0.0562. The van der Waals surface area contributed by atoms with E-state index in [0.717, 1.165) is 44.8 Å². The number of carbonyl (C=O) groups excluding carboxylic acids is 2. The lowest BCUT2D eigenvalue weighted by atomic mass is 9.96. The van der Waals surface area contributed by atoms with Crippen LogP contribution in [0.3, 0.4) is 0 Å². The van der Waals surface area contributed by atoms with E-state index in [1.165, 1.54) is 12.4 Å². The highest BCUT2D eigenvalue weighted by molar-refractivity contribution is 6.02. The molecule has 0 bridgehead atoms. The second-order valence-electron chi connectivity index (χ2n) is 12.4. The standard InChI is InChI=1S/C39H38FN5O5/c1-48-35-23-33-30(22-36(35)50-17-7-14-44-15-18-49-19-16-44)38(42-25-41-33)43-32-13-12-26(20-31(32)40)21-34(46)37(27-8-3-2-4-9-27)45-24-28-10-5-6-11-29(28)39(45)47/h2-6,8-13,20,22-23,25,37H,7,14-19,21,24H2,1H3,(H,41,42,43). The Kier molecular flexibility index (Phi) is 9.95. The molecule has 0 spiro atoms. The number of carbonyl (C=O) groups is 2. The number of aromatic nitrogens is 2. The lowest BCUT2D eigenvalue weighted by Gasteiger charge is -2.27. The third kappa shape index (κ3) is 7.15. The quantitative estimate of drug-likeness (QED) is 0.148. The van der Waals surface area contributed by atoms with Crippen LogP contribution in [0.5, 0.6) is 11.5 Å². The molecule has 5 aromatic rings. The molecular formula is C39H38FN5O5. The van der Waals surface area contributed by atoms with E-state index in [-0.39, 0.29) is 23.8 Å². The molecule has 256 valence electrons. The number of benzene rings is 4. The molecule has 2 aliphatic heterocycles. The molecule has 7 rings (SSSR count). The molecule has 1 aromatic heterocycles. The summed E-state index contributed by atoms with van der Waals surface area (Å²) in [5.74, 6) is 0.546. The van der Waals surface area contributed by atoms with E-state index in [1.807, 2.05) is 48.5 Å². The minimum atomic E-state index is -0.808. The highest BCUT2D eigenvalue weighted by Gasteiger charge is 2.37. The van der Waals surface area contributed by atoms with Crippen LogP contribution in [-0.4, -0.2) is 78.0 Å². The normalized spacial score (nSPS) is 15.2. The van der Waals surface area contributed by atoms with Crippen LogP contribution in [0.25, 0.3) is 10.9 Å². The Bertz CT molecular complexity index is 2000.